The van der Waals surface area contributed by atoms with Crippen molar-refractivity contribution < 1.29 is 9.90 Å². The third-order valence-corrected chi connectivity index (χ3v) is 5.95. The summed E-state index contributed by atoms with van der Waals surface area (Å²) >= 11 is 0. The van der Waals surface area contributed by atoms with Gasteiger partial charge in [-0.1, -0.05) is 121 Å². The quantitative estimate of drug-likeness (QED) is 0.186. The Balaban J connectivity index is 1.77. The minimum atomic E-state index is 0.0244. The van der Waals surface area contributed by atoms with Gasteiger partial charge < -0.3 is 15.7 Å². The van der Waals surface area contributed by atoms with Crippen LogP contribution >= 0.6 is 0 Å². The molecule has 0 bridgehead atoms. The summed E-state index contributed by atoms with van der Waals surface area (Å²) in [4.78, 5) is 11.8. The summed E-state index contributed by atoms with van der Waals surface area (Å²) in [6.45, 7) is 3.82. The first-order chi connectivity index (χ1) is 15.2. The van der Waals surface area contributed by atoms with E-state index in [1.807, 2.05) is 12.1 Å². The molecule has 0 radical (unpaired) electrons. The van der Waals surface area contributed by atoms with Crippen molar-refractivity contribution in [3.63, 3.8) is 0 Å². The Morgan fingerprint density at radius 3 is 1.74 bits per heavy atom. The van der Waals surface area contributed by atoms with E-state index in [4.69, 9.17) is 0 Å². The lowest BCUT2D eigenvalue weighted by molar-refractivity contribution is -0.120. The number of hydrogen-bond acceptors (Lipinski definition) is 3. The number of para-hydroxylation sites is 1. The highest BCUT2D eigenvalue weighted by Crippen LogP contribution is 2.15. The largest absolute Gasteiger partial charge is 0.508 e. The van der Waals surface area contributed by atoms with Crippen LogP contribution in [0.3, 0.4) is 0 Å². The van der Waals surface area contributed by atoms with E-state index < -0.39 is 0 Å². The highest BCUT2D eigenvalue weighted by Gasteiger charge is 2.02. The van der Waals surface area contributed by atoms with Gasteiger partial charge in [-0.2, -0.15) is 0 Å². The average Bonchev–Trinajstić information content (AvgIpc) is 2.77. The topological polar surface area (TPSA) is 61.4 Å². The van der Waals surface area contributed by atoms with E-state index in [9.17, 15) is 9.90 Å². The van der Waals surface area contributed by atoms with E-state index >= 15 is 0 Å². The van der Waals surface area contributed by atoms with Crippen molar-refractivity contribution in [2.45, 2.75) is 116 Å². The molecule has 1 aromatic rings. The molecule has 0 aliphatic heterocycles. The molecule has 0 saturated carbocycles. The van der Waals surface area contributed by atoms with Gasteiger partial charge in [-0.25, -0.2) is 0 Å². The van der Waals surface area contributed by atoms with Crippen LogP contribution in [0.15, 0.2) is 24.3 Å². The van der Waals surface area contributed by atoms with Crippen LogP contribution in [-0.2, 0) is 11.3 Å². The Hall–Kier alpha value is -1.55. The third-order valence-electron chi connectivity index (χ3n) is 5.95. The number of phenols is 1. The third kappa shape index (κ3) is 16.8. The second-order valence-corrected chi connectivity index (χ2v) is 8.89. The van der Waals surface area contributed by atoms with Crippen molar-refractivity contribution in [1.82, 2.24) is 10.6 Å². The number of nitrogens with one attached hydrogen (secondary N) is 2. The number of hydrogen-bond donors (Lipinski definition) is 3. The standard InChI is InChI=1S/C27H48N2O2/c1-2-3-4-5-6-7-8-9-10-11-12-13-14-15-16-19-22-29-27(31)24-28-23-25-20-17-18-21-26(25)30/h17-18,20-21,28,30H,2-16,19,22-24H2,1H3,(H,29,31). The molecule has 1 aromatic carbocycles. The molecule has 0 spiro atoms. The Bertz CT molecular complexity index is 548. The number of carbonyl (C=O) groups is 1. The van der Waals surface area contributed by atoms with Crippen molar-refractivity contribution >= 4 is 5.91 Å². The Morgan fingerprint density at radius 1 is 0.742 bits per heavy atom. The zero-order chi connectivity index (χ0) is 22.4. The van der Waals surface area contributed by atoms with Crippen molar-refractivity contribution in [2.75, 3.05) is 13.1 Å². The maximum atomic E-state index is 11.8. The van der Waals surface area contributed by atoms with E-state index in [1.165, 1.54) is 96.3 Å². The van der Waals surface area contributed by atoms with Crippen LogP contribution in [0.1, 0.15) is 115 Å². The number of carbonyl (C=O) groups excluding carboxylic acids is 1. The summed E-state index contributed by atoms with van der Waals surface area (Å²) < 4.78 is 0. The van der Waals surface area contributed by atoms with E-state index in [0.29, 0.717) is 6.54 Å². The predicted molar refractivity (Wildman–Crippen MR) is 132 cm³/mol. The van der Waals surface area contributed by atoms with Gasteiger partial charge in [-0.15, -0.1) is 0 Å². The van der Waals surface area contributed by atoms with Crippen molar-refractivity contribution in [2.24, 2.45) is 0 Å². The molecule has 4 nitrogen and oxygen atoms in total. The maximum absolute atomic E-state index is 11.8. The van der Waals surface area contributed by atoms with Crippen LogP contribution in [0.25, 0.3) is 0 Å². The molecular weight excluding hydrogens is 384 g/mol. The first kappa shape index (κ1) is 27.5. The van der Waals surface area contributed by atoms with E-state index in [-0.39, 0.29) is 18.2 Å². The Kier molecular flexibility index (Phi) is 18.0. The molecule has 31 heavy (non-hydrogen) atoms. The highest BCUT2D eigenvalue weighted by atomic mass is 16.3. The smallest absolute Gasteiger partial charge is 0.233 e. The molecule has 0 unspecified atom stereocenters. The number of unbranched alkanes of at least 4 members (excludes halogenated alkanes) is 15. The van der Waals surface area contributed by atoms with Gasteiger partial charge in [0.15, 0.2) is 0 Å². The van der Waals surface area contributed by atoms with Crippen molar-refractivity contribution in [3.05, 3.63) is 29.8 Å². The van der Waals surface area contributed by atoms with E-state index in [2.05, 4.69) is 17.6 Å². The van der Waals surface area contributed by atoms with Gasteiger partial charge in [0.2, 0.25) is 5.91 Å². The zero-order valence-electron chi connectivity index (χ0n) is 20.1. The molecule has 1 amide bonds. The minimum Gasteiger partial charge on any atom is -0.508 e. The maximum Gasteiger partial charge on any atom is 0.233 e. The second-order valence-electron chi connectivity index (χ2n) is 8.89. The molecule has 0 aliphatic rings. The predicted octanol–water partition coefficient (Wildman–Crippen LogP) is 6.86. The summed E-state index contributed by atoms with van der Waals surface area (Å²) in [5.41, 5.74) is 0.813. The first-order valence-corrected chi connectivity index (χ1v) is 13.0. The van der Waals surface area contributed by atoms with E-state index in [1.54, 1.807) is 12.1 Å². The van der Waals surface area contributed by atoms with Gasteiger partial charge in [-0.3, -0.25) is 4.79 Å². The Labute approximate surface area is 191 Å². The Morgan fingerprint density at radius 2 is 1.23 bits per heavy atom. The van der Waals surface area contributed by atoms with Crippen molar-refractivity contribution in [1.29, 1.82) is 0 Å². The van der Waals surface area contributed by atoms with Gasteiger partial charge >= 0.3 is 0 Å². The van der Waals surface area contributed by atoms with Crippen molar-refractivity contribution in [3.8, 4) is 5.75 Å². The van der Waals surface area contributed by atoms with Gasteiger partial charge in [-0.05, 0) is 12.5 Å². The number of amides is 1. The van der Waals surface area contributed by atoms with Crippen LogP contribution in [-0.4, -0.2) is 24.1 Å². The van der Waals surface area contributed by atoms with Crippen LogP contribution in [0.4, 0.5) is 0 Å². The lowest BCUT2D eigenvalue weighted by atomic mass is 10.0. The normalized spacial score (nSPS) is 11.0. The fraction of sp³-hybridized carbons (Fsp3) is 0.741. The molecule has 178 valence electrons. The lowest BCUT2D eigenvalue weighted by Gasteiger charge is -2.08. The summed E-state index contributed by atoms with van der Waals surface area (Å²) in [6.07, 6.45) is 21.8. The molecule has 3 N–H and O–H groups in total. The summed E-state index contributed by atoms with van der Waals surface area (Å²) in [6, 6.07) is 7.20. The summed E-state index contributed by atoms with van der Waals surface area (Å²) in [5.74, 6) is 0.292. The van der Waals surface area contributed by atoms with E-state index in [0.717, 1.165) is 18.5 Å². The fourth-order valence-electron chi connectivity index (χ4n) is 3.93. The van der Waals surface area contributed by atoms with Crippen LogP contribution in [0.2, 0.25) is 0 Å². The number of benzene rings is 1. The molecule has 4 heteroatoms. The number of rotatable bonds is 21. The number of aromatic hydroxyl groups is 1. The van der Waals surface area contributed by atoms with Gasteiger partial charge in [0.1, 0.15) is 5.75 Å². The molecule has 0 aliphatic carbocycles. The number of phenolic OH excluding ortho intramolecular Hbond substituents is 1. The van der Waals surface area contributed by atoms with Crippen LogP contribution in [0.5, 0.6) is 5.75 Å². The molecule has 0 saturated heterocycles. The fourth-order valence-corrected chi connectivity index (χ4v) is 3.93. The lowest BCUT2D eigenvalue weighted by Crippen LogP contribution is -2.34. The summed E-state index contributed by atoms with van der Waals surface area (Å²) in [5, 5.41) is 15.7. The zero-order valence-corrected chi connectivity index (χ0v) is 20.1. The minimum absolute atomic E-state index is 0.0244. The monoisotopic (exact) mass is 432 g/mol. The molecular formula is C27H48N2O2. The second kappa shape index (κ2) is 20.4. The van der Waals surface area contributed by atoms with Gasteiger partial charge in [0.05, 0.1) is 6.54 Å². The molecule has 1 rings (SSSR count). The van der Waals surface area contributed by atoms with Crippen LogP contribution in [0, 0.1) is 0 Å². The SMILES string of the molecule is CCCCCCCCCCCCCCCCCCNC(=O)CNCc1ccccc1O. The van der Waals surface area contributed by atoms with Gasteiger partial charge in [0, 0.05) is 18.7 Å². The average molecular weight is 433 g/mol. The molecule has 0 heterocycles. The summed E-state index contributed by atoms with van der Waals surface area (Å²) in [7, 11) is 0. The van der Waals surface area contributed by atoms with Gasteiger partial charge in [0.25, 0.3) is 0 Å². The first-order valence-electron chi connectivity index (χ1n) is 13.0. The highest BCUT2D eigenvalue weighted by molar-refractivity contribution is 5.77. The molecule has 0 fully saturated rings. The molecule has 0 aromatic heterocycles. The van der Waals surface area contributed by atoms with Crippen LogP contribution < -0.4 is 10.6 Å². The molecule has 0 atom stereocenters.